The first-order valence-corrected chi connectivity index (χ1v) is 18.7. The zero-order valence-electron chi connectivity index (χ0n) is 31.0. The Balaban J connectivity index is 1.34. The SMILES string of the molecule is C=C(C(=O)[C@H](O)[C@@H](C)C1[C@@H](OC(C)=O)C[C@@]2(C)[C@@H]3CCC4[C@H](C)C(=O)C=CC45[C@@H](C)[C@@]35CC[C@]12C)[C@@H](C)COC(=O)CCN(CC)CC. The second kappa shape index (κ2) is 13.1. The van der Waals surface area contributed by atoms with Crippen LogP contribution in [-0.2, 0) is 28.7 Å². The highest BCUT2D eigenvalue weighted by Crippen LogP contribution is 2.89. The normalized spacial score (nSPS) is 41.3. The van der Waals surface area contributed by atoms with E-state index < -0.39 is 29.8 Å². The lowest BCUT2D eigenvalue weighted by Gasteiger charge is -2.61. The molecule has 0 heterocycles. The second-order valence-corrected chi connectivity index (χ2v) is 16.7. The summed E-state index contributed by atoms with van der Waals surface area (Å²) in [5, 5.41) is 11.7. The maximum Gasteiger partial charge on any atom is 0.307 e. The number of nitrogens with zero attached hydrogens (tertiary/aromatic N) is 1. The van der Waals surface area contributed by atoms with Crippen molar-refractivity contribution < 1.29 is 33.8 Å². The number of fused-ring (bicyclic) bond motifs is 2. The summed E-state index contributed by atoms with van der Waals surface area (Å²) in [5.74, 6) is -0.753. The molecular formula is C40H61NO7. The zero-order valence-corrected chi connectivity index (χ0v) is 31.0. The minimum Gasteiger partial charge on any atom is -0.465 e. The lowest BCUT2D eigenvalue weighted by molar-refractivity contribution is -0.155. The molecule has 0 aromatic heterocycles. The number of carbonyl (C=O) groups is 4. The van der Waals surface area contributed by atoms with Crippen LogP contribution in [0.4, 0.5) is 0 Å². The van der Waals surface area contributed by atoms with Crippen molar-refractivity contribution in [1.82, 2.24) is 4.90 Å². The van der Waals surface area contributed by atoms with Crippen LogP contribution in [0.1, 0.15) is 101 Å². The molecule has 8 heteroatoms. The van der Waals surface area contributed by atoms with Gasteiger partial charge in [-0.1, -0.05) is 68.0 Å². The number of allylic oxidation sites excluding steroid dienone is 2. The van der Waals surface area contributed by atoms with Gasteiger partial charge in [0.15, 0.2) is 11.6 Å². The Bertz CT molecular complexity index is 1350. The van der Waals surface area contributed by atoms with E-state index in [2.05, 4.69) is 59.1 Å². The van der Waals surface area contributed by atoms with Gasteiger partial charge in [-0.05, 0) is 96.8 Å². The lowest BCUT2D eigenvalue weighted by Crippen LogP contribution is -2.56. The lowest BCUT2D eigenvalue weighted by atomic mass is 9.43. The fraction of sp³-hybridized carbons (Fsp3) is 0.800. The predicted octanol–water partition coefficient (Wildman–Crippen LogP) is 6.20. The fourth-order valence-electron chi connectivity index (χ4n) is 12.4. The third-order valence-electron chi connectivity index (χ3n) is 15.3. The highest BCUT2D eigenvalue weighted by Gasteiger charge is 2.85. The van der Waals surface area contributed by atoms with Gasteiger partial charge in [0.2, 0.25) is 0 Å². The van der Waals surface area contributed by atoms with Crippen LogP contribution in [0.2, 0.25) is 0 Å². The van der Waals surface area contributed by atoms with E-state index in [0.29, 0.717) is 30.7 Å². The van der Waals surface area contributed by atoms with Gasteiger partial charge in [0, 0.05) is 36.6 Å². The molecule has 0 bridgehead atoms. The van der Waals surface area contributed by atoms with Crippen molar-refractivity contribution in [3.8, 4) is 0 Å². The van der Waals surface area contributed by atoms with E-state index in [0.717, 1.165) is 38.8 Å². The molecule has 268 valence electrons. The molecule has 48 heavy (non-hydrogen) atoms. The molecule has 0 radical (unpaired) electrons. The molecule has 8 nitrogen and oxygen atoms in total. The molecule has 4 saturated carbocycles. The van der Waals surface area contributed by atoms with Crippen LogP contribution in [0, 0.1) is 63.1 Å². The van der Waals surface area contributed by atoms with E-state index in [1.165, 1.54) is 6.92 Å². The van der Waals surface area contributed by atoms with Crippen LogP contribution in [0.5, 0.6) is 0 Å². The van der Waals surface area contributed by atoms with Gasteiger partial charge < -0.3 is 19.5 Å². The van der Waals surface area contributed by atoms with Crippen molar-refractivity contribution in [3.05, 3.63) is 24.3 Å². The molecule has 0 aromatic rings. The summed E-state index contributed by atoms with van der Waals surface area (Å²) in [7, 11) is 0. The monoisotopic (exact) mass is 667 g/mol. The van der Waals surface area contributed by atoms with E-state index in [1.54, 1.807) is 6.92 Å². The summed E-state index contributed by atoms with van der Waals surface area (Å²) in [6.07, 6.45) is 7.33. The fourth-order valence-corrected chi connectivity index (χ4v) is 12.4. The number of rotatable bonds is 13. The van der Waals surface area contributed by atoms with E-state index in [1.807, 2.05) is 13.0 Å². The topological polar surface area (TPSA) is 110 Å². The van der Waals surface area contributed by atoms with E-state index in [9.17, 15) is 24.3 Å². The Hall–Kier alpha value is -2.32. The standard InChI is InChI=1S/C40H61NO7/c1-11-41(12-2)20-16-33(44)47-22-23(3)24(4)35(45)36(46)26(6)34-31(48-28(8)42)21-38(10)32-14-13-29-25(5)30(43)15-17-39(29)27(7)40(32,39)19-18-37(34,38)9/h15,17,23,25-27,29,31-32,34,36,46H,4,11-14,16,18-22H2,1-3,5-10H3/t23-,25-,26-,27+,29?,31-,32-,34?,36+,37+,38-,39?,40-/m0/s1. The highest BCUT2D eigenvalue weighted by atomic mass is 16.5. The molecule has 0 aromatic carbocycles. The highest BCUT2D eigenvalue weighted by molar-refractivity contribution is 5.98. The summed E-state index contributed by atoms with van der Waals surface area (Å²) in [6, 6.07) is 0. The largest absolute Gasteiger partial charge is 0.465 e. The van der Waals surface area contributed by atoms with Gasteiger partial charge in [-0.15, -0.1) is 0 Å². The predicted molar refractivity (Wildman–Crippen MR) is 185 cm³/mol. The Morgan fingerprint density at radius 2 is 1.75 bits per heavy atom. The molecule has 13 atom stereocenters. The summed E-state index contributed by atoms with van der Waals surface area (Å²) in [5.41, 5.74) is -0.0872. The maximum absolute atomic E-state index is 13.8. The first-order chi connectivity index (χ1) is 22.5. The molecule has 5 aliphatic rings. The quantitative estimate of drug-likeness (QED) is 0.183. The molecule has 5 aliphatic carbocycles. The second-order valence-electron chi connectivity index (χ2n) is 16.7. The average Bonchev–Trinajstić information content (AvgIpc) is 3.48. The van der Waals surface area contributed by atoms with Crippen molar-refractivity contribution in [3.63, 3.8) is 0 Å². The van der Waals surface area contributed by atoms with Crippen molar-refractivity contribution in [2.45, 2.75) is 113 Å². The van der Waals surface area contributed by atoms with Gasteiger partial charge in [-0.25, -0.2) is 0 Å². The number of ketones is 2. The number of hydrogen-bond donors (Lipinski definition) is 1. The molecule has 1 N–H and O–H groups in total. The number of ether oxygens (including phenoxy) is 2. The van der Waals surface area contributed by atoms with E-state index >= 15 is 0 Å². The van der Waals surface area contributed by atoms with Gasteiger partial charge >= 0.3 is 11.9 Å². The Morgan fingerprint density at radius 3 is 2.38 bits per heavy atom. The zero-order chi connectivity index (χ0) is 35.6. The molecule has 0 amide bonds. The van der Waals surface area contributed by atoms with Gasteiger partial charge in [0.1, 0.15) is 12.2 Å². The number of aliphatic hydroxyl groups excluding tert-OH is 1. The van der Waals surface area contributed by atoms with Crippen LogP contribution in [0.15, 0.2) is 24.3 Å². The molecular weight excluding hydrogens is 606 g/mol. The van der Waals surface area contributed by atoms with E-state index in [-0.39, 0.29) is 69.8 Å². The van der Waals surface area contributed by atoms with Crippen LogP contribution in [0.25, 0.3) is 0 Å². The third kappa shape index (κ3) is 5.29. The van der Waals surface area contributed by atoms with E-state index in [4.69, 9.17) is 9.47 Å². The molecule has 0 aliphatic heterocycles. The number of aliphatic hydroxyl groups is 1. The van der Waals surface area contributed by atoms with Crippen molar-refractivity contribution >= 4 is 23.5 Å². The molecule has 3 unspecified atom stereocenters. The number of esters is 2. The van der Waals surface area contributed by atoms with Crippen LogP contribution in [0.3, 0.4) is 0 Å². The first kappa shape index (κ1) is 36.9. The minimum absolute atomic E-state index is 0.0292. The number of hydrogen-bond acceptors (Lipinski definition) is 8. The maximum atomic E-state index is 13.8. The van der Waals surface area contributed by atoms with Crippen LogP contribution in [-0.4, -0.2) is 72.0 Å². The Morgan fingerprint density at radius 1 is 1.08 bits per heavy atom. The molecule has 2 spiro atoms. The Kier molecular flexibility index (Phi) is 10.1. The van der Waals surface area contributed by atoms with Crippen molar-refractivity contribution in [2.75, 3.05) is 26.2 Å². The summed E-state index contributed by atoms with van der Waals surface area (Å²) in [6.45, 7) is 24.9. The number of Topliss-reactive ketones (excluding diaryl/α,β-unsaturated/α-hetero) is 1. The molecule has 4 fully saturated rings. The van der Waals surface area contributed by atoms with Crippen LogP contribution < -0.4 is 0 Å². The van der Waals surface area contributed by atoms with Gasteiger partial charge in [0.05, 0.1) is 13.0 Å². The third-order valence-corrected chi connectivity index (χ3v) is 15.3. The summed E-state index contributed by atoms with van der Waals surface area (Å²) >= 11 is 0. The smallest absolute Gasteiger partial charge is 0.307 e. The first-order valence-electron chi connectivity index (χ1n) is 18.7. The minimum atomic E-state index is -1.33. The Labute approximate surface area is 288 Å². The average molecular weight is 668 g/mol. The number of carbonyl (C=O) groups excluding carboxylic acids is 4. The van der Waals surface area contributed by atoms with Gasteiger partial charge in [-0.3, -0.25) is 19.2 Å². The van der Waals surface area contributed by atoms with Gasteiger partial charge in [-0.2, -0.15) is 0 Å². The van der Waals surface area contributed by atoms with Gasteiger partial charge in [0.25, 0.3) is 0 Å². The molecule has 0 saturated heterocycles. The summed E-state index contributed by atoms with van der Waals surface area (Å²) in [4.78, 5) is 53.6. The summed E-state index contributed by atoms with van der Waals surface area (Å²) < 4.78 is 11.6. The van der Waals surface area contributed by atoms with Crippen LogP contribution >= 0.6 is 0 Å². The van der Waals surface area contributed by atoms with Crippen molar-refractivity contribution in [2.24, 2.45) is 63.1 Å². The molecule has 5 rings (SSSR count). The van der Waals surface area contributed by atoms with Crippen molar-refractivity contribution in [1.29, 1.82) is 0 Å².